The Morgan fingerprint density at radius 2 is 2.00 bits per heavy atom. The molecule has 1 N–H and O–H groups in total. The first-order chi connectivity index (χ1) is 11.1. The molecule has 1 aliphatic heterocycles. The van der Waals surface area contributed by atoms with Crippen molar-refractivity contribution in [3.63, 3.8) is 0 Å². The molecule has 0 spiro atoms. The molecule has 0 aromatic heterocycles. The molecule has 0 saturated carbocycles. The van der Waals surface area contributed by atoms with Gasteiger partial charge in [0.2, 0.25) is 15.9 Å². The number of sulfonamides is 1. The quantitative estimate of drug-likeness (QED) is 0.753. The number of carbonyl (C=O) groups excluding carboxylic acids is 1. The highest BCUT2D eigenvalue weighted by Crippen LogP contribution is 2.18. The maximum atomic E-state index is 12.1. The number of nitrogens with zero attached hydrogens (tertiary/aromatic N) is 2. The van der Waals surface area contributed by atoms with Crippen molar-refractivity contribution in [1.82, 2.24) is 5.32 Å². The van der Waals surface area contributed by atoms with Gasteiger partial charge in [-0.1, -0.05) is 0 Å². The summed E-state index contributed by atoms with van der Waals surface area (Å²) in [6, 6.07) is 7.21. The number of amides is 1. The first-order valence-electron chi connectivity index (χ1n) is 7.08. The van der Waals surface area contributed by atoms with Crippen LogP contribution in [0.25, 0.3) is 0 Å². The molecule has 130 valence electrons. The summed E-state index contributed by atoms with van der Waals surface area (Å²) in [7, 11) is -6.85. The number of nitrogens with one attached hydrogen (secondary N) is 1. The minimum atomic E-state index is -3.72. The summed E-state index contributed by atoms with van der Waals surface area (Å²) in [4.78, 5) is 12.1. The summed E-state index contributed by atoms with van der Waals surface area (Å²) in [5.74, 6) is -0.690. The highest BCUT2D eigenvalue weighted by atomic mass is 32.2. The molecule has 0 aliphatic carbocycles. The lowest BCUT2D eigenvalue weighted by Crippen LogP contribution is -2.44. The number of benzene rings is 1. The van der Waals surface area contributed by atoms with Gasteiger partial charge in [0, 0.05) is 6.04 Å². The molecule has 1 aromatic carbocycles. The third kappa shape index (κ3) is 4.69. The summed E-state index contributed by atoms with van der Waals surface area (Å²) >= 11 is 0. The number of nitriles is 1. The molecule has 0 radical (unpaired) electrons. The fourth-order valence-electron chi connectivity index (χ4n) is 2.41. The first kappa shape index (κ1) is 18.2. The molecular formula is C14H17N3O5S2. The van der Waals surface area contributed by atoms with Gasteiger partial charge in [-0.15, -0.1) is 0 Å². The molecule has 2 rings (SSSR count). The van der Waals surface area contributed by atoms with Crippen LogP contribution in [0.15, 0.2) is 24.3 Å². The van der Waals surface area contributed by atoms with E-state index >= 15 is 0 Å². The van der Waals surface area contributed by atoms with Crippen LogP contribution in [0.4, 0.5) is 5.69 Å². The second kappa shape index (κ2) is 6.78. The van der Waals surface area contributed by atoms with Crippen molar-refractivity contribution in [1.29, 1.82) is 5.26 Å². The Balaban J connectivity index is 2.12. The molecular weight excluding hydrogens is 354 g/mol. The van der Waals surface area contributed by atoms with Crippen molar-refractivity contribution in [2.75, 3.05) is 28.6 Å². The number of sulfone groups is 1. The van der Waals surface area contributed by atoms with Crippen molar-refractivity contribution in [2.45, 2.75) is 12.5 Å². The molecule has 0 bridgehead atoms. The minimum absolute atomic E-state index is 0.0172. The molecule has 1 atom stereocenters. The van der Waals surface area contributed by atoms with E-state index in [0.717, 1.165) is 10.6 Å². The maximum Gasteiger partial charge on any atom is 0.241 e. The van der Waals surface area contributed by atoms with Gasteiger partial charge >= 0.3 is 0 Å². The van der Waals surface area contributed by atoms with Crippen LogP contribution in [0.5, 0.6) is 0 Å². The van der Waals surface area contributed by atoms with Crippen molar-refractivity contribution in [2.24, 2.45) is 0 Å². The van der Waals surface area contributed by atoms with Gasteiger partial charge in [-0.2, -0.15) is 5.26 Å². The first-order valence-corrected chi connectivity index (χ1v) is 10.8. The summed E-state index contributed by atoms with van der Waals surface area (Å²) < 4.78 is 47.6. The Morgan fingerprint density at radius 3 is 2.46 bits per heavy atom. The summed E-state index contributed by atoms with van der Waals surface area (Å²) in [6.07, 6.45) is 1.29. The highest BCUT2D eigenvalue weighted by Gasteiger charge is 2.30. The van der Waals surface area contributed by atoms with Crippen LogP contribution < -0.4 is 9.62 Å². The summed E-state index contributed by atoms with van der Waals surface area (Å²) in [5.41, 5.74) is 0.624. The Bertz CT molecular complexity index is 870. The molecule has 10 heteroatoms. The van der Waals surface area contributed by atoms with E-state index in [1.165, 1.54) is 24.3 Å². The van der Waals surface area contributed by atoms with Gasteiger partial charge in [-0.3, -0.25) is 9.10 Å². The Morgan fingerprint density at radius 1 is 1.38 bits per heavy atom. The van der Waals surface area contributed by atoms with Crippen molar-refractivity contribution < 1.29 is 21.6 Å². The van der Waals surface area contributed by atoms with E-state index in [4.69, 9.17) is 5.26 Å². The van der Waals surface area contributed by atoms with Crippen LogP contribution >= 0.6 is 0 Å². The number of carbonyl (C=O) groups is 1. The third-order valence-corrected chi connectivity index (χ3v) is 6.48. The molecule has 1 amide bonds. The fourth-order valence-corrected chi connectivity index (χ4v) is 4.94. The predicted molar refractivity (Wildman–Crippen MR) is 88.5 cm³/mol. The Hall–Kier alpha value is -2.12. The van der Waals surface area contributed by atoms with Crippen LogP contribution in [0.2, 0.25) is 0 Å². The zero-order chi connectivity index (χ0) is 18.0. The average molecular weight is 371 g/mol. The topological polar surface area (TPSA) is 124 Å². The Labute approximate surface area is 141 Å². The van der Waals surface area contributed by atoms with E-state index in [-0.39, 0.29) is 17.2 Å². The van der Waals surface area contributed by atoms with Gasteiger partial charge in [0.1, 0.15) is 6.54 Å². The van der Waals surface area contributed by atoms with E-state index in [1.54, 1.807) is 0 Å². The molecule has 1 aliphatic rings. The molecule has 1 fully saturated rings. The molecule has 8 nitrogen and oxygen atoms in total. The van der Waals surface area contributed by atoms with E-state index in [2.05, 4.69) is 5.32 Å². The van der Waals surface area contributed by atoms with Crippen LogP contribution in [0.3, 0.4) is 0 Å². The van der Waals surface area contributed by atoms with Gasteiger partial charge in [0.15, 0.2) is 9.84 Å². The van der Waals surface area contributed by atoms with E-state index < -0.39 is 38.4 Å². The van der Waals surface area contributed by atoms with Crippen LogP contribution in [0, 0.1) is 11.3 Å². The lowest BCUT2D eigenvalue weighted by molar-refractivity contribution is -0.120. The maximum absolute atomic E-state index is 12.1. The van der Waals surface area contributed by atoms with Crippen LogP contribution in [-0.4, -0.2) is 53.1 Å². The van der Waals surface area contributed by atoms with E-state index in [1.807, 2.05) is 6.07 Å². The van der Waals surface area contributed by atoms with Gasteiger partial charge in [0.25, 0.3) is 0 Å². The molecule has 1 aromatic rings. The van der Waals surface area contributed by atoms with Gasteiger partial charge in [-0.25, -0.2) is 16.8 Å². The smallest absolute Gasteiger partial charge is 0.241 e. The van der Waals surface area contributed by atoms with Crippen molar-refractivity contribution >= 4 is 31.5 Å². The van der Waals surface area contributed by atoms with Gasteiger partial charge < -0.3 is 5.32 Å². The lowest BCUT2D eigenvalue weighted by atomic mass is 10.2. The zero-order valence-electron chi connectivity index (χ0n) is 13.0. The average Bonchev–Trinajstić information content (AvgIpc) is 2.82. The summed E-state index contributed by atoms with van der Waals surface area (Å²) in [6.45, 7) is -0.457. The number of rotatable bonds is 5. The fraction of sp³-hybridized carbons (Fsp3) is 0.429. The van der Waals surface area contributed by atoms with Crippen molar-refractivity contribution in [3.8, 4) is 6.07 Å². The lowest BCUT2D eigenvalue weighted by Gasteiger charge is -2.22. The molecule has 24 heavy (non-hydrogen) atoms. The van der Waals surface area contributed by atoms with Gasteiger partial charge in [-0.05, 0) is 30.7 Å². The predicted octanol–water partition coefficient (Wildman–Crippen LogP) is -0.372. The number of hydrogen-bond donors (Lipinski definition) is 1. The molecule has 1 unspecified atom stereocenters. The SMILES string of the molecule is CS(=O)(=O)N(CC(=O)NC1CCS(=O)(=O)C1)c1ccc(C#N)cc1. The molecule has 1 saturated heterocycles. The summed E-state index contributed by atoms with van der Waals surface area (Å²) in [5, 5.41) is 11.3. The number of anilines is 1. The minimum Gasteiger partial charge on any atom is -0.351 e. The highest BCUT2D eigenvalue weighted by molar-refractivity contribution is 7.92. The van der Waals surface area contributed by atoms with Gasteiger partial charge in [0.05, 0.1) is 35.1 Å². The standard InChI is InChI=1S/C14H17N3O5S2/c1-23(19,20)17(13-4-2-11(8-15)3-5-13)9-14(18)16-12-6-7-24(21,22)10-12/h2-5,12H,6-7,9-10H2,1H3,(H,16,18). The van der Waals surface area contributed by atoms with Crippen LogP contribution in [0.1, 0.15) is 12.0 Å². The monoisotopic (exact) mass is 371 g/mol. The second-order valence-corrected chi connectivity index (χ2v) is 9.73. The van der Waals surface area contributed by atoms with E-state index in [0.29, 0.717) is 12.0 Å². The number of hydrogen-bond acceptors (Lipinski definition) is 6. The van der Waals surface area contributed by atoms with E-state index in [9.17, 15) is 21.6 Å². The largest absolute Gasteiger partial charge is 0.351 e. The van der Waals surface area contributed by atoms with Crippen molar-refractivity contribution in [3.05, 3.63) is 29.8 Å². The third-order valence-electron chi connectivity index (χ3n) is 3.57. The Kier molecular flexibility index (Phi) is 5.15. The zero-order valence-corrected chi connectivity index (χ0v) is 14.6. The normalized spacial score (nSPS) is 19.4. The van der Waals surface area contributed by atoms with Crippen LogP contribution in [-0.2, 0) is 24.7 Å². The molecule has 1 heterocycles. The second-order valence-electron chi connectivity index (χ2n) is 5.60.